The number of carbonyl (C=O) groups excluding carboxylic acids is 3. The van der Waals surface area contributed by atoms with Gasteiger partial charge in [-0.1, -0.05) is 192 Å². The third-order valence-electron chi connectivity index (χ3n) is 9.66. The number of hydrogen-bond acceptors (Lipinski definition) is 6. The predicted molar refractivity (Wildman–Crippen MR) is 224 cm³/mol. The zero-order valence-electron chi connectivity index (χ0n) is 35.0. The fourth-order valence-corrected chi connectivity index (χ4v) is 6.28. The van der Waals surface area contributed by atoms with Crippen LogP contribution in [0.2, 0.25) is 0 Å². The summed E-state index contributed by atoms with van der Waals surface area (Å²) < 4.78 is 16.7. The average Bonchev–Trinajstić information content (AvgIpc) is 3.15. The molecule has 1 atom stereocenters. The van der Waals surface area contributed by atoms with Crippen molar-refractivity contribution in [2.45, 2.75) is 232 Å². The molecule has 308 valence electrons. The van der Waals surface area contributed by atoms with Crippen molar-refractivity contribution in [3.8, 4) is 0 Å². The van der Waals surface area contributed by atoms with Crippen molar-refractivity contribution in [1.82, 2.24) is 0 Å². The van der Waals surface area contributed by atoms with Gasteiger partial charge in [0.1, 0.15) is 13.2 Å². The van der Waals surface area contributed by atoms with Crippen molar-refractivity contribution in [3.63, 3.8) is 0 Å². The Hall–Kier alpha value is -2.37. The summed E-state index contributed by atoms with van der Waals surface area (Å²) in [6, 6.07) is 0. The smallest absolute Gasteiger partial charge is 0.306 e. The van der Waals surface area contributed by atoms with Gasteiger partial charge in [0.15, 0.2) is 6.10 Å². The van der Waals surface area contributed by atoms with Crippen LogP contribution in [0.3, 0.4) is 0 Å². The van der Waals surface area contributed by atoms with E-state index in [0.717, 1.165) is 96.3 Å². The molecule has 0 heterocycles. The average molecular weight is 745 g/mol. The molecule has 0 aliphatic carbocycles. The summed E-state index contributed by atoms with van der Waals surface area (Å²) in [5, 5.41) is 0. The predicted octanol–water partition coefficient (Wildman–Crippen LogP) is 14.2. The molecule has 0 rings (SSSR count). The number of allylic oxidation sites excluding steroid dienone is 6. The van der Waals surface area contributed by atoms with Crippen LogP contribution in [0.25, 0.3) is 0 Å². The SMILES string of the molecule is CC/C=C\C/C=C\C/C=C\CCCCCCCC(=O)OC[C@@H](COC(=O)CCCCCCCCCCC)OC(=O)CCCCCCCCCCCCC. The monoisotopic (exact) mass is 745 g/mol. The standard InChI is InChI=1S/C47H84O6/c1-4-7-10-13-16-19-21-22-23-24-26-28-31-34-37-40-46(49)52-43-44(42-51-45(48)39-36-33-30-27-18-15-12-9-6-3)53-47(50)41-38-35-32-29-25-20-17-14-11-8-5-2/h7,10,16,19,22-23,44H,4-6,8-9,11-15,17-18,20-21,24-43H2,1-3H3/b10-7-,19-16-,23-22-/t44-/m1/s1. The van der Waals surface area contributed by atoms with Gasteiger partial charge in [-0.3, -0.25) is 14.4 Å². The van der Waals surface area contributed by atoms with Crippen LogP contribution >= 0.6 is 0 Å². The third kappa shape index (κ3) is 40.6. The number of hydrogen-bond donors (Lipinski definition) is 0. The van der Waals surface area contributed by atoms with Gasteiger partial charge in [0.2, 0.25) is 0 Å². The number of carbonyl (C=O) groups is 3. The largest absolute Gasteiger partial charge is 0.462 e. The molecule has 6 heteroatoms. The molecule has 0 aliphatic heterocycles. The first-order chi connectivity index (χ1) is 26.0. The van der Waals surface area contributed by atoms with Crippen LogP contribution in [0.5, 0.6) is 0 Å². The number of ether oxygens (including phenoxy) is 3. The van der Waals surface area contributed by atoms with Crippen LogP contribution in [-0.4, -0.2) is 37.2 Å². The molecule has 53 heavy (non-hydrogen) atoms. The molecule has 0 bridgehead atoms. The van der Waals surface area contributed by atoms with Gasteiger partial charge in [-0.05, 0) is 51.4 Å². The molecule has 0 spiro atoms. The summed E-state index contributed by atoms with van der Waals surface area (Å²) in [5.41, 5.74) is 0. The van der Waals surface area contributed by atoms with E-state index >= 15 is 0 Å². The van der Waals surface area contributed by atoms with Crippen molar-refractivity contribution in [1.29, 1.82) is 0 Å². The summed E-state index contributed by atoms with van der Waals surface area (Å²) in [7, 11) is 0. The maximum atomic E-state index is 12.7. The van der Waals surface area contributed by atoms with Crippen LogP contribution in [0.15, 0.2) is 36.5 Å². The van der Waals surface area contributed by atoms with Gasteiger partial charge in [-0.25, -0.2) is 0 Å². The highest BCUT2D eigenvalue weighted by Gasteiger charge is 2.19. The Balaban J connectivity index is 4.36. The summed E-state index contributed by atoms with van der Waals surface area (Å²) in [5.74, 6) is -0.893. The number of unbranched alkanes of at least 4 members (excludes halogenated alkanes) is 23. The minimum absolute atomic E-state index is 0.0748. The maximum Gasteiger partial charge on any atom is 0.306 e. The molecule has 0 saturated carbocycles. The lowest BCUT2D eigenvalue weighted by molar-refractivity contribution is -0.167. The minimum Gasteiger partial charge on any atom is -0.462 e. The lowest BCUT2D eigenvalue weighted by atomic mass is 10.1. The van der Waals surface area contributed by atoms with Crippen LogP contribution in [0, 0.1) is 0 Å². The van der Waals surface area contributed by atoms with Crippen LogP contribution in [0.1, 0.15) is 226 Å². The highest BCUT2D eigenvalue weighted by Crippen LogP contribution is 2.14. The fourth-order valence-electron chi connectivity index (χ4n) is 6.28. The van der Waals surface area contributed by atoms with E-state index in [2.05, 4.69) is 57.2 Å². The molecule has 0 aromatic rings. The molecule has 0 fully saturated rings. The molecule has 0 saturated heterocycles. The van der Waals surface area contributed by atoms with E-state index in [1.54, 1.807) is 0 Å². The Labute approximate surface area is 327 Å². The van der Waals surface area contributed by atoms with Crippen LogP contribution in [-0.2, 0) is 28.6 Å². The first-order valence-electron chi connectivity index (χ1n) is 22.5. The lowest BCUT2D eigenvalue weighted by Crippen LogP contribution is -2.30. The maximum absolute atomic E-state index is 12.7. The van der Waals surface area contributed by atoms with Crippen molar-refractivity contribution < 1.29 is 28.6 Å². The Kier molecular flexibility index (Phi) is 40.5. The van der Waals surface area contributed by atoms with Crippen molar-refractivity contribution in [2.24, 2.45) is 0 Å². The summed E-state index contributed by atoms with van der Waals surface area (Å²) in [6.45, 7) is 6.48. The Morgan fingerprint density at radius 2 is 0.736 bits per heavy atom. The first kappa shape index (κ1) is 50.6. The van der Waals surface area contributed by atoms with E-state index in [4.69, 9.17) is 14.2 Å². The molecule has 0 aliphatic rings. The molecular weight excluding hydrogens is 661 g/mol. The molecule has 0 radical (unpaired) electrons. The second-order valence-electron chi connectivity index (χ2n) is 14.9. The molecule has 0 aromatic heterocycles. The van der Waals surface area contributed by atoms with Crippen molar-refractivity contribution in [2.75, 3.05) is 13.2 Å². The van der Waals surface area contributed by atoms with Gasteiger partial charge in [0, 0.05) is 19.3 Å². The quantitative estimate of drug-likeness (QED) is 0.0269. The molecule has 6 nitrogen and oxygen atoms in total. The van der Waals surface area contributed by atoms with E-state index in [0.29, 0.717) is 19.3 Å². The van der Waals surface area contributed by atoms with Crippen LogP contribution < -0.4 is 0 Å². The zero-order valence-corrected chi connectivity index (χ0v) is 35.0. The van der Waals surface area contributed by atoms with E-state index in [9.17, 15) is 14.4 Å². The van der Waals surface area contributed by atoms with Gasteiger partial charge < -0.3 is 14.2 Å². The van der Waals surface area contributed by atoms with E-state index in [1.165, 1.54) is 89.9 Å². The highest BCUT2D eigenvalue weighted by atomic mass is 16.6. The summed E-state index contributed by atoms with van der Waals surface area (Å²) in [4.78, 5) is 37.6. The Morgan fingerprint density at radius 3 is 1.15 bits per heavy atom. The minimum atomic E-state index is -0.771. The van der Waals surface area contributed by atoms with E-state index < -0.39 is 6.10 Å². The lowest BCUT2D eigenvalue weighted by Gasteiger charge is -2.18. The van der Waals surface area contributed by atoms with E-state index in [1.807, 2.05) is 0 Å². The molecule has 0 aromatic carbocycles. The van der Waals surface area contributed by atoms with Gasteiger partial charge in [0.25, 0.3) is 0 Å². The van der Waals surface area contributed by atoms with Crippen molar-refractivity contribution in [3.05, 3.63) is 36.5 Å². The molecule has 0 N–H and O–H groups in total. The van der Waals surface area contributed by atoms with Crippen LogP contribution in [0.4, 0.5) is 0 Å². The summed E-state index contributed by atoms with van der Waals surface area (Å²) >= 11 is 0. The molecule has 0 unspecified atom stereocenters. The fraction of sp³-hybridized carbons (Fsp3) is 0.809. The second kappa shape index (κ2) is 42.4. The normalized spacial score (nSPS) is 12.3. The Morgan fingerprint density at radius 1 is 0.396 bits per heavy atom. The van der Waals surface area contributed by atoms with E-state index in [-0.39, 0.29) is 31.1 Å². The molecular formula is C47H84O6. The van der Waals surface area contributed by atoms with Crippen molar-refractivity contribution >= 4 is 17.9 Å². The highest BCUT2D eigenvalue weighted by molar-refractivity contribution is 5.71. The zero-order chi connectivity index (χ0) is 38.7. The topological polar surface area (TPSA) is 78.9 Å². The summed E-state index contributed by atoms with van der Waals surface area (Å²) in [6.07, 6.45) is 47.0. The Bertz CT molecular complexity index is 907. The third-order valence-corrected chi connectivity index (χ3v) is 9.66. The number of rotatable bonds is 40. The van der Waals surface area contributed by atoms with Gasteiger partial charge in [-0.15, -0.1) is 0 Å². The van der Waals surface area contributed by atoms with Gasteiger partial charge >= 0.3 is 17.9 Å². The van der Waals surface area contributed by atoms with Gasteiger partial charge in [0.05, 0.1) is 0 Å². The first-order valence-corrected chi connectivity index (χ1v) is 22.5. The second-order valence-corrected chi connectivity index (χ2v) is 14.9. The van der Waals surface area contributed by atoms with Gasteiger partial charge in [-0.2, -0.15) is 0 Å². The molecule has 0 amide bonds. The number of esters is 3.